The highest BCUT2D eigenvalue weighted by atomic mass is 35.5. The lowest BCUT2D eigenvalue weighted by atomic mass is 9.89. The zero-order chi connectivity index (χ0) is 68.5. The molecule has 7 aromatic carbocycles. The lowest BCUT2D eigenvalue weighted by Gasteiger charge is -2.31. The summed E-state index contributed by atoms with van der Waals surface area (Å²) in [6.07, 6.45) is 1.23. The summed E-state index contributed by atoms with van der Waals surface area (Å²) in [6, 6.07) is 9.58. The van der Waals surface area contributed by atoms with Crippen LogP contribution in [0, 0.1) is 0 Å². The molecule has 7 aliphatic rings. The van der Waals surface area contributed by atoms with E-state index in [0.717, 1.165) is 94.3 Å². The van der Waals surface area contributed by atoms with Crippen molar-refractivity contribution in [3.8, 4) is 80.1 Å². The molecule has 1 fully saturated rings. The molecule has 0 radical (unpaired) electrons. The summed E-state index contributed by atoms with van der Waals surface area (Å²) >= 11 is 13.9. The third-order valence-electron chi connectivity index (χ3n) is 17.3. The maximum Gasteiger partial charge on any atom is 0.248 e. The number of carbonyl (C=O) groups excluding carboxylic acids is 7. The van der Waals surface area contributed by atoms with Gasteiger partial charge in [-0.2, -0.15) is 0 Å². The van der Waals surface area contributed by atoms with Crippen molar-refractivity contribution < 1.29 is 83.5 Å². The fourth-order valence-corrected chi connectivity index (χ4v) is 12.8. The number of aromatic hydroxyl groups is 6. The number of amides is 7. The lowest BCUT2D eigenvalue weighted by molar-refractivity contribution is -0.137. The Hall–Kier alpha value is -10.6. The molecule has 29 heteroatoms. The second kappa shape index (κ2) is 28.0. The van der Waals surface area contributed by atoms with Gasteiger partial charge in [0.15, 0.2) is 23.0 Å². The normalized spacial score (nSPS) is 22.4. The molecule has 27 nitrogen and oxygen atoms in total. The van der Waals surface area contributed by atoms with Crippen LogP contribution < -0.4 is 62.5 Å². The van der Waals surface area contributed by atoms with Crippen molar-refractivity contribution in [2.75, 3.05) is 39.3 Å². The van der Waals surface area contributed by atoms with Gasteiger partial charge in [-0.25, -0.2) is 0 Å². The highest BCUT2D eigenvalue weighted by Crippen LogP contribution is 2.48. The molecule has 7 amide bonds. The molecule has 8 atom stereocenters. The fraction of sp³-hybridized carbons (Fsp3) is 0.279. The number of nitrogens with one attached hydrogen (secondary N) is 8. The third-order valence-corrected chi connectivity index (χ3v) is 17.9. The molecule has 0 aliphatic carbocycles. The zero-order valence-electron chi connectivity index (χ0n) is 51.4. The Kier molecular flexibility index (Phi) is 19.2. The number of phenolic OH excluding ortho intramolecular Hbond substituents is 6. The van der Waals surface area contributed by atoms with Crippen molar-refractivity contribution in [1.29, 1.82) is 0 Å². The first kappa shape index (κ1) is 66.5. The van der Waals surface area contributed by atoms with E-state index in [0.29, 0.717) is 12.1 Å². The summed E-state index contributed by atoms with van der Waals surface area (Å²) in [5, 5.41) is 103. The van der Waals surface area contributed by atoms with Gasteiger partial charge in [0, 0.05) is 42.8 Å². The molecule has 7 heterocycles. The number of aliphatic hydroxyl groups excluding tert-OH is 1. The van der Waals surface area contributed by atoms with Gasteiger partial charge in [-0.3, -0.25) is 33.6 Å². The Balaban J connectivity index is 1.02. The van der Waals surface area contributed by atoms with Crippen LogP contribution in [0.1, 0.15) is 101 Å². The number of nitrogens with zero attached hydrogens (tertiary/aromatic N) is 1. The molecule has 0 saturated carbocycles. The van der Waals surface area contributed by atoms with Crippen LogP contribution in [0.3, 0.4) is 0 Å². The molecular formula is C68H66Cl2N10O17. The topological polar surface area (TPSA) is 414 Å². The predicted octanol–water partition coefficient (Wildman–Crippen LogP) is 5.48. The minimum absolute atomic E-state index is 0.0545. The van der Waals surface area contributed by atoms with Crippen molar-refractivity contribution >= 4 is 64.6 Å². The number of fused-ring (bicyclic) bond motifs is 14. The van der Waals surface area contributed by atoms with E-state index >= 15 is 24.0 Å². The smallest absolute Gasteiger partial charge is 0.248 e. The number of aliphatic hydroxyl groups is 1. The molecular weight excluding hydrogens is 1300 g/mol. The number of carbonyl (C=O) groups is 7. The molecule has 17 N–H and O–H groups in total. The molecule has 0 aromatic heterocycles. The second-order valence-electron chi connectivity index (χ2n) is 24.1. The number of benzene rings is 7. The van der Waals surface area contributed by atoms with Crippen molar-refractivity contribution in [2.45, 2.75) is 80.5 Å². The van der Waals surface area contributed by atoms with Gasteiger partial charge in [-0.15, -0.1) is 0 Å². The van der Waals surface area contributed by atoms with Gasteiger partial charge in [-0.05, 0) is 170 Å². The van der Waals surface area contributed by atoms with E-state index in [2.05, 4.69) is 47.4 Å². The van der Waals surface area contributed by atoms with Crippen LogP contribution in [0.15, 0.2) is 115 Å². The summed E-state index contributed by atoms with van der Waals surface area (Å²) in [4.78, 5) is 109. The average molecular weight is 1370 g/mol. The number of halogens is 2. The highest BCUT2D eigenvalue weighted by Gasteiger charge is 2.41. The van der Waals surface area contributed by atoms with Gasteiger partial charge in [0.05, 0.1) is 10.0 Å². The predicted molar refractivity (Wildman–Crippen MR) is 348 cm³/mol. The number of nitrogens with two attached hydrogens (primary N) is 1. The van der Waals surface area contributed by atoms with Crippen LogP contribution in [0.25, 0.3) is 11.1 Å². The molecule has 0 spiro atoms. The van der Waals surface area contributed by atoms with E-state index < -0.39 is 136 Å². The monoisotopic (exact) mass is 1360 g/mol. The van der Waals surface area contributed by atoms with Crippen molar-refractivity contribution in [3.63, 3.8) is 0 Å². The maximum absolute atomic E-state index is 15.9. The van der Waals surface area contributed by atoms with E-state index in [1.165, 1.54) is 72.8 Å². The summed E-state index contributed by atoms with van der Waals surface area (Å²) in [7, 11) is 0. The van der Waals surface area contributed by atoms with Crippen LogP contribution >= 0.6 is 23.2 Å². The average Bonchev–Trinajstić information content (AvgIpc) is 0.774. The van der Waals surface area contributed by atoms with Crippen LogP contribution in [-0.4, -0.2) is 133 Å². The maximum atomic E-state index is 15.9. The van der Waals surface area contributed by atoms with Gasteiger partial charge >= 0.3 is 0 Å². The van der Waals surface area contributed by atoms with E-state index in [1.807, 2.05) is 0 Å². The zero-order valence-corrected chi connectivity index (χ0v) is 52.9. The van der Waals surface area contributed by atoms with Crippen molar-refractivity contribution in [1.82, 2.24) is 47.4 Å². The van der Waals surface area contributed by atoms with Crippen LogP contribution in [0.2, 0.25) is 10.0 Å². The molecule has 17 bridgehead atoms. The first-order valence-electron chi connectivity index (χ1n) is 31.0. The standard InChI is InChI=1S/C68H66Cl2N10O17/c69-42-19-31-5-11-48(42)96-51-26-36-27-52(61(51)87)97-49-12-8-34(24-43(49)70)60(86)59-68(94)78-58(64(90)73-15-18-80-16-3-1-13-72-14-2-4-17-80)41-29-38(82)30-47(85)53(41)40-23-33(7-9-45(40)83)55(65(91)79-59)76-67(93)57(36)77-66(92)56-35-21-37(81)28-39(22-35)95-50-25-32(6-10-46(50)84)54(71)63(89)74-44(20-31)62(88)75-56/h5-12,19,21-30,44,54-60,72,81-87H,1-4,13-18,20,71H2,(H,73,90)(H,74,89)(H,75,88)(H,76,93)(H,77,92)(H,78,94)(H,79,91)/t44-,54-,55-,56+,57-,58+,59+,60-/m1/s1. The van der Waals surface area contributed by atoms with E-state index in [1.54, 1.807) is 0 Å². The Morgan fingerprint density at radius 1 is 0.536 bits per heavy atom. The molecule has 1 saturated heterocycles. The fourth-order valence-electron chi connectivity index (χ4n) is 12.3. The molecule has 14 rings (SSSR count). The Morgan fingerprint density at radius 2 is 1.13 bits per heavy atom. The summed E-state index contributed by atoms with van der Waals surface area (Å²) in [5.74, 6) is -13.3. The molecule has 97 heavy (non-hydrogen) atoms. The first-order valence-corrected chi connectivity index (χ1v) is 31.8. The van der Waals surface area contributed by atoms with Crippen LogP contribution in [-0.2, 0) is 40.0 Å². The largest absolute Gasteiger partial charge is 0.508 e. The Morgan fingerprint density at radius 3 is 1.82 bits per heavy atom. The Bertz CT molecular complexity index is 4320. The van der Waals surface area contributed by atoms with Gasteiger partial charge in [0.25, 0.3) is 0 Å². The molecule has 7 aliphatic heterocycles. The van der Waals surface area contributed by atoms with E-state index in [4.69, 9.17) is 43.1 Å². The van der Waals surface area contributed by atoms with Gasteiger partial charge in [-0.1, -0.05) is 47.5 Å². The molecule has 504 valence electrons. The summed E-state index contributed by atoms with van der Waals surface area (Å²) in [5.41, 5.74) is 5.12. The van der Waals surface area contributed by atoms with Crippen LogP contribution in [0.5, 0.6) is 69.0 Å². The first-order chi connectivity index (χ1) is 46.5. The third kappa shape index (κ3) is 14.4. The SMILES string of the molecule is N[C@H]1C(=O)N[C@@H]2Cc3ccc(c(Cl)c3)Oc3cc4cc(c3O)Oc3ccc(cc3Cl)[C@@H](O)[C@@H]3NC(=O)[C@H](NC(=O)[C@@H]4NC(=O)[C@@H](NC2=O)c2cc(O)cc(c2)Oc2cc1ccc2O)c1ccc(O)c(c1)-c1c(O)cc(O)cc1[C@@H](C(=O)NCCN1CCCCNCCCC1)NC3=O. The lowest BCUT2D eigenvalue weighted by Crippen LogP contribution is -2.56. The molecule has 7 aromatic rings. The quantitative estimate of drug-likeness (QED) is 0.104. The Labute approximate surface area is 562 Å². The second-order valence-corrected chi connectivity index (χ2v) is 24.9. The number of hydrogen-bond donors (Lipinski definition) is 16. The number of ether oxygens (including phenoxy) is 3. The number of rotatable bonds is 4. The summed E-state index contributed by atoms with van der Waals surface area (Å²) in [6.45, 7) is 3.66. The van der Waals surface area contributed by atoms with Crippen molar-refractivity contribution in [3.05, 3.63) is 164 Å². The summed E-state index contributed by atoms with van der Waals surface area (Å²) < 4.78 is 18.6. The number of phenols is 6. The minimum Gasteiger partial charge on any atom is -0.508 e. The molecule has 0 unspecified atom stereocenters. The van der Waals surface area contributed by atoms with Crippen LogP contribution in [0.4, 0.5) is 0 Å². The van der Waals surface area contributed by atoms with Gasteiger partial charge in [0.1, 0.15) is 88.6 Å². The minimum atomic E-state index is -2.15. The highest BCUT2D eigenvalue weighted by molar-refractivity contribution is 6.32. The van der Waals surface area contributed by atoms with Gasteiger partial charge < -0.3 is 103 Å². The number of hydrogen-bond acceptors (Lipinski definition) is 20. The van der Waals surface area contributed by atoms with Gasteiger partial charge in [0.2, 0.25) is 47.1 Å². The van der Waals surface area contributed by atoms with E-state index in [-0.39, 0.29) is 90.5 Å². The van der Waals surface area contributed by atoms with E-state index in [9.17, 15) is 45.3 Å². The van der Waals surface area contributed by atoms with Crippen molar-refractivity contribution in [2.24, 2.45) is 5.73 Å².